The van der Waals surface area contributed by atoms with Crippen LogP contribution < -0.4 is 5.32 Å². The molecule has 3 nitrogen and oxygen atoms in total. The first-order chi connectivity index (χ1) is 9.43. The molecule has 0 spiro atoms. The van der Waals surface area contributed by atoms with Gasteiger partial charge in [-0.2, -0.15) is 0 Å². The molecule has 2 atom stereocenters. The summed E-state index contributed by atoms with van der Waals surface area (Å²) in [6, 6.07) is 11.4. The quantitative estimate of drug-likeness (QED) is 0.898. The maximum atomic E-state index is 5.73. The highest BCUT2D eigenvalue weighted by Gasteiger charge is 2.31. The Morgan fingerprint density at radius 1 is 1.26 bits per heavy atom. The van der Waals surface area contributed by atoms with Gasteiger partial charge in [0.05, 0.1) is 13.2 Å². The summed E-state index contributed by atoms with van der Waals surface area (Å²) in [5.41, 5.74) is 1.41. The number of morpholine rings is 1. The van der Waals surface area contributed by atoms with Gasteiger partial charge in [-0.25, -0.2) is 0 Å². The van der Waals surface area contributed by atoms with E-state index in [1.807, 2.05) is 0 Å². The van der Waals surface area contributed by atoms with E-state index in [2.05, 4.69) is 40.5 Å². The van der Waals surface area contributed by atoms with E-state index in [0.717, 1.165) is 38.8 Å². The summed E-state index contributed by atoms with van der Waals surface area (Å²) in [5, 5.41) is 3.53. The van der Waals surface area contributed by atoms with Crippen molar-refractivity contribution in [2.75, 3.05) is 32.8 Å². The lowest BCUT2D eigenvalue weighted by molar-refractivity contribution is -0.0379. The second-order valence-corrected chi connectivity index (χ2v) is 5.70. The lowest BCUT2D eigenvalue weighted by Gasteiger charge is -2.41. The number of piperidine rings is 1. The number of hydrogen-bond donors (Lipinski definition) is 1. The van der Waals surface area contributed by atoms with Crippen molar-refractivity contribution in [1.29, 1.82) is 0 Å². The first kappa shape index (κ1) is 13.1. The van der Waals surface area contributed by atoms with Crippen molar-refractivity contribution in [2.24, 2.45) is 5.92 Å². The minimum atomic E-state index is 0.585. The third-order valence-corrected chi connectivity index (χ3v) is 4.39. The van der Waals surface area contributed by atoms with Gasteiger partial charge in [0.15, 0.2) is 0 Å². The summed E-state index contributed by atoms with van der Waals surface area (Å²) in [7, 11) is 0. The van der Waals surface area contributed by atoms with Crippen LogP contribution in [0.15, 0.2) is 30.3 Å². The van der Waals surface area contributed by atoms with E-state index >= 15 is 0 Å². The summed E-state index contributed by atoms with van der Waals surface area (Å²) in [5.74, 6) is 0.748. The lowest BCUT2D eigenvalue weighted by atomic mass is 9.90. The van der Waals surface area contributed by atoms with Crippen molar-refractivity contribution in [1.82, 2.24) is 10.2 Å². The molecule has 0 aliphatic carbocycles. The predicted molar refractivity (Wildman–Crippen MR) is 77.1 cm³/mol. The normalized spacial score (nSPS) is 29.3. The highest BCUT2D eigenvalue weighted by atomic mass is 16.5. The van der Waals surface area contributed by atoms with Crippen molar-refractivity contribution in [3.8, 4) is 0 Å². The fraction of sp³-hybridized carbons (Fsp3) is 0.625. The van der Waals surface area contributed by atoms with Gasteiger partial charge >= 0.3 is 0 Å². The topological polar surface area (TPSA) is 24.5 Å². The molecule has 0 aromatic heterocycles. The molecule has 2 fully saturated rings. The van der Waals surface area contributed by atoms with Gasteiger partial charge in [-0.15, -0.1) is 0 Å². The van der Waals surface area contributed by atoms with Gasteiger partial charge in [-0.1, -0.05) is 30.3 Å². The molecule has 3 rings (SSSR count). The molecule has 0 saturated carbocycles. The van der Waals surface area contributed by atoms with Crippen LogP contribution in [0.4, 0.5) is 0 Å². The van der Waals surface area contributed by atoms with Crippen molar-refractivity contribution < 1.29 is 4.74 Å². The Balaban J connectivity index is 1.66. The standard InChI is InChI=1S/C16H24N2O/c1-2-5-14(6-3-1)12-18-9-10-19-13-16(18)15-7-4-8-17-11-15/h1-3,5-6,15-17H,4,7-13H2. The molecule has 2 unspecified atom stereocenters. The monoisotopic (exact) mass is 260 g/mol. The molecule has 0 amide bonds. The van der Waals surface area contributed by atoms with Gasteiger partial charge in [0.1, 0.15) is 0 Å². The van der Waals surface area contributed by atoms with Crippen molar-refractivity contribution in [2.45, 2.75) is 25.4 Å². The van der Waals surface area contributed by atoms with Crippen LogP contribution in [0.2, 0.25) is 0 Å². The number of benzene rings is 1. The van der Waals surface area contributed by atoms with Gasteiger partial charge in [-0.05, 0) is 37.4 Å². The number of hydrogen-bond acceptors (Lipinski definition) is 3. The Morgan fingerprint density at radius 3 is 2.95 bits per heavy atom. The van der Waals surface area contributed by atoms with E-state index in [1.54, 1.807) is 0 Å². The van der Waals surface area contributed by atoms with Gasteiger partial charge in [0.25, 0.3) is 0 Å². The van der Waals surface area contributed by atoms with Crippen LogP contribution in [0.25, 0.3) is 0 Å². The molecule has 1 N–H and O–H groups in total. The molecular weight excluding hydrogens is 236 g/mol. The minimum absolute atomic E-state index is 0.585. The molecule has 2 saturated heterocycles. The van der Waals surface area contributed by atoms with Gasteiger partial charge < -0.3 is 10.1 Å². The van der Waals surface area contributed by atoms with Gasteiger partial charge in [0, 0.05) is 19.1 Å². The largest absolute Gasteiger partial charge is 0.378 e. The molecule has 104 valence electrons. The van der Waals surface area contributed by atoms with E-state index in [-0.39, 0.29) is 0 Å². The Kier molecular flexibility index (Phi) is 4.49. The third kappa shape index (κ3) is 3.35. The Labute approximate surface area is 115 Å². The summed E-state index contributed by atoms with van der Waals surface area (Å²) < 4.78 is 5.73. The van der Waals surface area contributed by atoms with E-state index in [4.69, 9.17) is 4.74 Å². The molecule has 2 aliphatic rings. The van der Waals surface area contributed by atoms with Crippen LogP contribution in [0.1, 0.15) is 18.4 Å². The minimum Gasteiger partial charge on any atom is -0.378 e. The maximum Gasteiger partial charge on any atom is 0.0625 e. The Hall–Kier alpha value is -0.900. The Morgan fingerprint density at radius 2 is 2.16 bits per heavy atom. The number of rotatable bonds is 3. The van der Waals surface area contributed by atoms with E-state index in [0.29, 0.717) is 6.04 Å². The Bertz CT molecular complexity index is 376. The first-order valence-electron chi connectivity index (χ1n) is 7.50. The van der Waals surface area contributed by atoms with Crippen molar-refractivity contribution in [3.63, 3.8) is 0 Å². The van der Waals surface area contributed by atoms with Crippen molar-refractivity contribution in [3.05, 3.63) is 35.9 Å². The molecular formula is C16H24N2O. The number of nitrogens with one attached hydrogen (secondary N) is 1. The zero-order valence-corrected chi connectivity index (χ0v) is 11.6. The SMILES string of the molecule is c1ccc(CN2CCOCC2C2CCCNC2)cc1. The second kappa shape index (κ2) is 6.51. The first-order valence-corrected chi connectivity index (χ1v) is 7.50. The zero-order valence-electron chi connectivity index (χ0n) is 11.6. The summed E-state index contributed by atoms with van der Waals surface area (Å²) in [4.78, 5) is 2.62. The molecule has 19 heavy (non-hydrogen) atoms. The van der Waals surface area contributed by atoms with Gasteiger partial charge in [0.2, 0.25) is 0 Å². The summed E-state index contributed by atoms with van der Waals surface area (Å²) in [6.07, 6.45) is 2.65. The van der Waals surface area contributed by atoms with Crippen molar-refractivity contribution >= 4 is 0 Å². The molecule has 0 radical (unpaired) electrons. The fourth-order valence-electron chi connectivity index (χ4n) is 3.31. The molecule has 0 bridgehead atoms. The van der Waals surface area contributed by atoms with E-state index < -0.39 is 0 Å². The molecule has 3 heteroatoms. The molecule has 1 aromatic carbocycles. The number of nitrogens with zero attached hydrogens (tertiary/aromatic N) is 1. The van der Waals surface area contributed by atoms with Crippen LogP contribution in [-0.2, 0) is 11.3 Å². The van der Waals surface area contributed by atoms with Crippen LogP contribution in [0, 0.1) is 5.92 Å². The fourth-order valence-corrected chi connectivity index (χ4v) is 3.31. The van der Waals surface area contributed by atoms with E-state index in [9.17, 15) is 0 Å². The van der Waals surface area contributed by atoms with Crippen LogP contribution >= 0.6 is 0 Å². The zero-order chi connectivity index (χ0) is 12.9. The third-order valence-electron chi connectivity index (χ3n) is 4.39. The predicted octanol–water partition coefficient (Wildman–Crippen LogP) is 1.89. The lowest BCUT2D eigenvalue weighted by Crippen LogP contribution is -2.52. The highest BCUT2D eigenvalue weighted by Crippen LogP contribution is 2.23. The molecule has 2 aliphatic heterocycles. The highest BCUT2D eigenvalue weighted by molar-refractivity contribution is 5.14. The second-order valence-electron chi connectivity index (χ2n) is 5.70. The van der Waals surface area contributed by atoms with E-state index in [1.165, 1.54) is 24.9 Å². The summed E-state index contributed by atoms with van der Waals surface area (Å²) >= 11 is 0. The van der Waals surface area contributed by atoms with Crippen LogP contribution in [0.3, 0.4) is 0 Å². The average Bonchev–Trinajstić information content (AvgIpc) is 2.50. The number of ether oxygens (including phenoxy) is 1. The maximum absolute atomic E-state index is 5.73. The average molecular weight is 260 g/mol. The molecule has 1 aromatic rings. The molecule has 2 heterocycles. The van der Waals surface area contributed by atoms with Gasteiger partial charge in [-0.3, -0.25) is 4.90 Å². The van der Waals surface area contributed by atoms with Crippen LogP contribution in [0.5, 0.6) is 0 Å². The smallest absolute Gasteiger partial charge is 0.0625 e. The summed E-state index contributed by atoms with van der Waals surface area (Å²) in [6.45, 7) is 6.24. The van der Waals surface area contributed by atoms with Crippen LogP contribution in [-0.4, -0.2) is 43.8 Å².